The highest BCUT2D eigenvalue weighted by Crippen LogP contribution is 2.56. The first-order valence-electron chi connectivity index (χ1n) is 11.3. The van der Waals surface area contributed by atoms with E-state index in [2.05, 4.69) is 133 Å². The Morgan fingerprint density at radius 2 is 1.16 bits per heavy atom. The average molecular weight is 439 g/mol. The van der Waals surface area contributed by atoms with Crippen LogP contribution >= 0.6 is 7.92 Å². The average Bonchev–Trinajstić information content (AvgIpc) is 3.16. The van der Waals surface area contributed by atoms with Gasteiger partial charge in [-0.05, 0) is 85.1 Å². The molecule has 0 amide bonds. The summed E-state index contributed by atoms with van der Waals surface area (Å²) in [5.74, 6) is 1.36. The zero-order valence-corrected chi connectivity index (χ0v) is 20.9. The Labute approximate surface area is 196 Å². The highest BCUT2D eigenvalue weighted by Gasteiger charge is 2.39. The van der Waals surface area contributed by atoms with Crippen molar-refractivity contribution in [3.05, 3.63) is 125 Å². The molecule has 3 aromatic carbocycles. The van der Waals surface area contributed by atoms with Gasteiger partial charge in [-0.3, -0.25) is 0 Å². The first-order chi connectivity index (χ1) is 15.3. The second-order valence-corrected chi connectivity index (χ2v) is 11.4. The van der Waals surface area contributed by atoms with Gasteiger partial charge in [0.15, 0.2) is 0 Å². The lowest BCUT2D eigenvalue weighted by molar-refractivity contribution is 0.320. The molecular weight excluding hydrogens is 405 g/mol. The number of hydrogen-bond acceptors (Lipinski definition) is 1. The molecule has 4 rings (SSSR count). The summed E-state index contributed by atoms with van der Waals surface area (Å²) in [5, 5.41) is 2.86. The van der Waals surface area contributed by atoms with E-state index in [0.29, 0.717) is 0 Å². The topological polar surface area (TPSA) is 3.24 Å². The van der Waals surface area contributed by atoms with E-state index >= 15 is 0 Å². The minimum Gasteiger partial charge on any atom is -0.302 e. The molecule has 0 aliphatic heterocycles. The van der Waals surface area contributed by atoms with E-state index in [1.165, 1.54) is 50.0 Å². The summed E-state index contributed by atoms with van der Waals surface area (Å²) in [6.45, 7) is 8.83. The first kappa shape index (κ1) is 23.2. The van der Waals surface area contributed by atoms with E-state index in [9.17, 15) is 0 Å². The number of rotatable bonds is 6. The molecule has 1 fully saturated rings. The molecule has 0 N–H and O–H groups in total. The van der Waals surface area contributed by atoms with Crippen molar-refractivity contribution in [3.8, 4) is 0 Å². The molecule has 3 aromatic rings. The minimum absolute atomic E-state index is 0.250. The van der Waals surface area contributed by atoms with Crippen LogP contribution in [-0.4, -0.2) is 19.0 Å². The Bertz CT molecular complexity index is 964. The highest BCUT2D eigenvalue weighted by atomic mass is 31.1. The van der Waals surface area contributed by atoms with Crippen LogP contribution in [0.25, 0.3) is 0 Å². The van der Waals surface area contributed by atoms with Crippen molar-refractivity contribution in [1.82, 2.24) is 4.90 Å². The lowest BCUT2D eigenvalue weighted by Crippen LogP contribution is -2.26. The summed E-state index contributed by atoms with van der Waals surface area (Å²) in [6, 6.07) is 25.1. The first-order valence-corrected chi connectivity index (χ1v) is 12.6. The van der Waals surface area contributed by atoms with Crippen LogP contribution in [-0.2, 0) is 0 Å². The van der Waals surface area contributed by atoms with Crippen LogP contribution in [0.5, 0.6) is 0 Å². The van der Waals surface area contributed by atoms with E-state index in [1.54, 1.807) is 0 Å². The Morgan fingerprint density at radius 1 is 0.656 bits per heavy atom. The van der Waals surface area contributed by atoms with Crippen LogP contribution in [0.1, 0.15) is 33.9 Å². The summed E-state index contributed by atoms with van der Waals surface area (Å²) in [6.07, 6.45) is 7.13. The van der Waals surface area contributed by atoms with Crippen LogP contribution < -0.4 is 10.6 Å². The van der Waals surface area contributed by atoms with Gasteiger partial charge in [0.05, 0.1) is 0 Å². The third-order valence-electron chi connectivity index (χ3n) is 5.90. The van der Waals surface area contributed by atoms with Crippen molar-refractivity contribution in [2.75, 3.05) is 14.1 Å². The Balaban J connectivity index is 1.71. The third kappa shape index (κ3) is 5.16. The summed E-state index contributed by atoms with van der Waals surface area (Å²) in [5.41, 5.74) is 8.08. The summed E-state index contributed by atoms with van der Waals surface area (Å²) >= 11 is 0. The van der Waals surface area contributed by atoms with Gasteiger partial charge in [0.2, 0.25) is 0 Å². The Morgan fingerprint density at radius 3 is 1.62 bits per heavy atom. The number of benzene rings is 3. The molecule has 2 heteroatoms. The second-order valence-electron chi connectivity index (χ2n) is 9.21. The highest BCUT2D eigenvalue weighted by molar-refractivity contribution is 7.76. The van der Waals surface area contributed by atoms with Crippen LogP contribution in [0.4, 0.5) is 0 Å². The molecule has 1 nitrogen and oxygen atoms in total. The molecule has 1 aliphatic rings. The fourth-order valence-corrected chi connectivity index (χ4v) is 7.52. The van der Waals surface area contributed by atoms with Crippen LogP contribution in [0.3, 0.4) is 0 Å². The third-order valence-corrected chi connectivity index (χ3v) is 8.24. The molecular formula is C30H33NP. The number of nitrogens with zero attached hydrogens (tertiary/aromatic N) is 1. The second kappa shape index (κ2) is 9.90. The van der Waals surface area contributed by atoms with Crippen molar-refractivity contribution in [1.29, 1.82) is 0 Å². The maximum atomic E-state index is 2.44. The molecule has 163 valence electrons. The van der Waals surface area contributed by atoms with Crippen LogP contribution in [0, 0.1) is 58.5 Å². The zero-order valence-electron chi connectivity index (χ0n) is 20.1. The van der Waals surface area contributed by atoms with Crippen molar-refractivity contribution in [2.24, 2.45) is 0 Å². The van der Waals surface area contributed by atoms with E-state index in [-0.39, 0.29) is 6.04 Å². The largest absolute Gasteiger partial charge is 0.302 e. The summed E-state index contributed by atoms with van der Waals surface area (Å²) in [4.78, 5) is 2.31. The lowest BCUT2D eigenvalue weighted by atomic mass is 9.91. The van der Waals surface area contributed by atoms with Gasteiger partial charge >= 0.3 is 0 Å². The quantitative estimate of drug-likeness (QED) is 0.403. The smallest absolute Gasteiger partial charge is 0.0410 e. The Hall–Kier alpha value is -1.95. The van der Waals surface area contributed by atoms with Gasteiger partial charge < -0.3 is 4.90 Å². The molecule has 0 spiro atoms. The Kier molecular flexibility index (Phi) is 7.18. The van der Waals surface area contributed by atoms with E-state index in [1.807, 2.05) is 0 Å². The zero-order chi connectivity index (χ0) is 22.8. The molecule has 5 radical (unpaired) electrons. The molecule has 0 bridgehead atoms. The van der Waals surface area contributed by atoms with Gasteiger partial charge in [0.25, 0.3) is 0 Å². The molecule has 1 saturated carbocycles. The SMILES string of the molecule is Cc1cc(C)cc(P([C]2[CH][CH][C]([C@H](c3ccccc3)N(C)C)[CH]2)c2cc(C)cc(C)c2)c1. The van der Waals surface area contributed by atoms with Crippen molar-refractivity contribution in [2.45, 2.75) is 33.7 Å². The number of aryl methyl sites for hydroxylation is 4. The summed E-state index contributed by atoms with van der Waals surface area (Å²) < 4.78 is 0. The standard InChI is InChI=1S/C30H33NP/c1-21-14-22(2)17-28(16-21)32(29-18-23(3)15-24(4)19-29)27-13-12-26(20-27)30(31(5)6)25-10-8-7-9-11-25/h7-20,30H,1-6H3/t30-/m0/s1. The maximum absolute atomic E-state index is 2.44. The van der Waals surface area contributed by atoms with Gasteiger partial charge in [0.1, 0.15) is 0 Å². The van der Waals surface area contributed by atoms with Gasteiger partial charge in [-0.15, -0.1) is 0 Å². The molecule has 1 atom stereocenters. The lowest BCUT2D eigenvalue weighted by Gasteiger charge is -2.31. The van der Waals surface area contributed by atoms with Gasteiger partial charge in [0, 0.05) is 17.6 Å². The fourth-order valence-electron chi connectivity index (χ4n) is 4.79. The van der Waals surface area contributed by atoms with E-state index in [4.69, 9.17) is 0 Å². The minimum atomic E-state index is -0.621. The molecule has 0 saturated heterocycles. The van der Waals surface area contributed by atoms with Crippen molar-refractivity contribution in [3.63, 3.8) is 0 Å². The van der Waals surface area contributed by atoms with Crippen molar-refractivity contribution < 1.29 is 0 Å². The van der Waals surface area contributed by atoms with Crippen molar-refractivity contribution >= 4 is 18.5 Å². The summed E-state index contributed by atoms with van der Waals surface area (Å²) in [7, 11) is 3.71. The normalized spacial score (nSPS) is 16.2. The number of hydrogen-bond donors (Lipinski definition) is 0. The predicted molar refractivity (Wildman–Crippen MR) is 140 cm³/mol. The molecule has 32 heavy (non-hydrogen) atoms. The fraction of sp³-hybridized carbons (Fsp3) is 0.233. The molecule has 0 unspecified atom stereocenters. The molecule has 1 aliphatic carbocycles. The van der Waals surface area contributed by atoms with Gasteiger partial charge in [-0.2, -0.15) is 0 Å². The van der Waals surface area contributed by atoms with Gasteiger partial charge in [-0.1, -0.05) is 89.0 Å². The van der Waals surface area contributed by atoms with Crippen LogP contribution in [0.15, 0.2) is 66.7 Å². The molecule has 0 aromatic heterocycles. The monoisotopic (exact) mass is 438 g/mol. The van der Waals surface area contributed by atoms with Gasteiger partial charge in [-0.25, -0.2) is 0 Å². The van der Waals surface area contributed by atoms with E-state index < -0.39 is 7.92 Å². The predicted octanol–water partition coefficient (Wildman–Crippen LogP) is 6.39. The molecule has 0 heterocycles. The maximum Gasteiger partial charge on any atom is 0.0410 e. The van der Waals surface area contributed by atoms with Crippen LogP contribution in [0.2, 0.25) is 0 Å². The van der Waals surface area contributed by atoms with E-state index in [0.717, 1.165) is 0 Å².